The average Bonchev–Trinajstić information content (AvgIpc) is 2.48. The summed E-state index contributed by atoms with van der Waals surface area (Å²) in [5.41, 5.74) is 4.58. The Morgan fingerprint density at radius 1 is 1.00 bits per heavy atom. The molecule has 0 unspecified atom stereocenters. The number of aromatic nitrogens is 2. The van der Waals surface area contributed by atoms with E-state index in [-0.39, 0.29) is 0 Å². The van der Waals surface area contributed by atoms with Crippen LogP contribution in [0, 0.1) is 13.8 Å². The summed E-state index contributed by atoms with van der Waals surface area (Å²) < 4.78 is 0. The molecule has 0 amide bonds. The summed E-state index contributed by atoms with van der Waals surface area (Å²) in [6.07, 6.45) is 2.34. The number of piperidine rings is 1. The van der Waals surface area contributed by atoms with Crippen molar-refractivity contribution >= 4 is 11.6 Å². The molecule has 0 atom stereocenters. The van der Waals surface area contributed by atoms with Crippen LogP contribution in [0.2, 0.25) is 5.02 Å². The molecule has 1 N–H and O–H groups in total. The van der Waals surface area contributed by atoms with Gasteiger partial charge in [-0.1, -0.05) is 11.6 Å². The molecule has 1 aliphatic heterocycles. The van der Waals surface area contributed by atoms with Crippen LogP contribution in [0.3, 0.4) is 0 Å². The van der Waals surface area contributed by atoms with E-state index in [1.807, 2.05) is 24.3 Å². The molecule has 1 saturated heterocycles. The molecular formula is C17H20ClN3. The summed E-state index contributed by atoms with van der Waals surface area (Å²) in [7, 11) is 0. The second-order valence-electron chi connectivity index (χ2n) is 5.66. The van der Waals surface area contributed by atoms with Crippen LogP contribution in [0.1, 0.15) is 35.7 Å². The molecular weight excluding hydrogens is 282 g/mol. The first-order chi connectivity index (χ1) is 10.1. The standard InChI is InChI=1S/C17H20ClN3/c1-11-16(13-7-9-19-10-8-13)12(2)21-17(20-11)14-3-5-15(18)6-4-14/h3-6,13,19H,7-10H2,1-2H3. The molecule has 110 valence electrons. The monoisotopic (exact) mass is 301 g/mol. The maximum atomic E-state index is 5.94. The largest absolute Gasteiger partial charge is 0.317 e. The fraction of sp³-hybridized carbons (Fsp3) is 0.412. The molecule has 3 nitrogen and oxygen atoms in total. The Morgan fingerprint density at radius 2 is 1.57 bits per heavy atom. The fourth-order valence-corrected chi connectivity index (χ4v) is 3.28. The van der Waals surface area contributed by atoms with Gasteiger partial charge in [-0.05, 0) is 75.5 Å². The van der Waals surface area contributed by atoms with Crippen molar-refractivity contribution in [2.75, 3.05) is 13.1 Å². The quantitative estimate of drug-likeness (QED) is 0.914. The van der Waals surface area contributed by atoms with Gasteiger partial charge in [0.15, 0.2) is 5.82 Å². The zero-order valence-electron chi connectivity index (χ0n) is 12.5. The Morgan fingerprint density at radius 3 is 2.14 bits per heavy atom. The minimum atomic E-state index is 0.588. The number of nitrogens with zero attached hydrogens (tertiary/aromatic N) is 2. The molecule has 1 aromatic carbocycles. The molecule has 4 heteroatoms. The van der Waals surface area contributed by atoms with Gasteiger partial charge in [0, 0.05) is 22.0 Å². The SMILES string of the molecule is Cc1nc(-c2ccc(Cl)cc2)nc(C)c1C1CCNCC1. The highest BCUT2D eigenvalue weighted by molar-refractivity contribution is 6.30. The van der Waals surface area contributed by atoms with Gasteiger partial charge in [-0.2, -0.15) is 0 Å². The first kappa shape index (κ1) is 14.5. The molecule has 1 aliphatic rings. The van der Waals surface area contributed by atoms with E-state index < -0.39 is 0 Å². The topological polar surface area (TPSA) is 37.8 Å². The molecule has 21 heavy (non-hydrogen) atoms. The lowest BCUT2D eigenvalue weighted by atomic mass is 9.88. The Balaban J connectivity index is 1.97. The summed E-state index contributed by atoms with van der Waals surface area (Å²) in [6, 6.07) is 7.71. The van der Waals surface area contributed by atoms with Crippen molar-refractivity contribution in [2.24, 2.45) is 0 Å². The zero-order valence-corrected chi connectivity index (χ0v) is 13.2. The van der Waals surface area contributed by atoms with Crippen LogP contribution < -0.4 is 5.32 Å². The Bertz CT molecular complexity index is 608. The predicted molar refractivity (Wildman–Crippen MR) is 86.8 cm³/mol. The van der Waals surface area contributed by atoms with Crippen LogP contribution in [-0.4, -0.2) is 23.1 Å². The minimum absolute atomic E-state index is 0.588. The molecule has 0 aliphatic carbocycles. The number of halogens is 1. The Hall–Kier alpha value is -1.45. The Labute approximate surface area is 130 Å². The molecule has 3 rings (SSSR count). The van der Waals surface area contributed by atoms with Crippen molar-refractivity contribution in [1.82, 2.24) is 15.3 Å². The van der Waals surface area contributed by atoms with Gasteiger partial charge in [-0.25, -0.2) is 9.97 Å². The highest BCUT2D eigenvalue weighted by Gasteiger charge is 2.21. The van der Waals surface area contributed by atoms with Crippen molar-refractivity contribution in [3.63, 3.8) is 0 Å². The number of rotatable bonds is 2. The van der Waals surface area contributed by atoms with Gasteiger partial charge >= 0.3 is 0 Å². The summed E-state index contributed by atoms with van der Waals surface area (Å²) in [5.74, 6) is 1.38. The van der Waals surface area contributed by atoms with E-state index >= 15 is 0 Å². The van der Waals surface area contributed by atoms with Gasteiger partial charge in [0.1, 0.15) is 0 Å². The van der Waals surface area contributed by atoms with Crippen LogP contribution in [-0.2, 0) is 0 Å². The first-order valence-electron chi connectivity index (χ1n) is 7.47. The third-order valence-corrected chi connectivity index (χ3v) is 4.43. The van der Waals surface area contributed by atoms with Crippen LogP contribution in [0.4, 0.5) is 0 Å². The van der Waals surface area contributed by atoms with E-state index in [2.05, 4.69) is 19.2 Å². The molecule has 1 fully saturated rings. The molecule has 0 radical (unpaired) electrons. The lowest BCUT2D eigenvalue weighted by Crippen LogP contribution is -2.27. The second kappa shape index (κ2) is 6.12. The summed E-state index contributed by atoms with van der Waals surface area (Å²) >= 11 is 5.94. The van der Waals surface area contributed by atoms with Crippen LogP contribution >= 0.6 is 11.6 Å². The van der Waals surface area contributed by atoms with E-state index in [1.165, 1.54) is 18.4 Å². The van der Waals surface area contributed by atoms with Gasteiger partial charge in [-0.15, -0.1) is 0 Å². The van der Waals surface area contributed by atoms with E-state index in [4.69, 9.17) is 21.6 Å². The number of aryl methyl sites for hydroxylation is 2. The van der Waals surface area contributed by atoms with E-state index in [9.17, 15) is 0 Å². The van der Waals surface area contributed by atoms with Crippen molar-refractivity contribution in [2.45, 2.75) is 32.6 Å². The van der Waals surface area contributed by atoms with Crippen LogP contribution in [0.25, 0.3) is 11.4 Å². The Kier molecular flexibility index (Phi) is 4.22. The predicted octanol–water partition coefficient (Wildman–Crippen LogP) is 3.88. The van der Waals surface area contributed by atoms with E-state index in [0.29, 0.717) is 5.92 Å². The maximum Gasteiger partial charge on any atom is 0.159 e. The van der Waals surface area contributed by atoms with Gasteiger partial charge in [-0.3, -0.25) is 0 Å². The van der Waals surface area contributed by atoms with Gasteiger partial charge in [0.05, 0.1) is 0 Å². The maximum absolute atomic E-state index is 5.94. The summed E-state index contributed by atoms with van der Waals surface area (Å²) in [6.45, 7) is 6.38. The van der Waals surface area contributed by atoms with E-state index in [1.54, 1.807) is 0 Å². The van der Waals surface area contributed by atoms with Gasteiger partial charge in [0.25, 0.3) is 0 Å². The third-order valence-electron chi connectivity index (χ3n) is 4.18. The highest BCUT2D eigenvalue weighted by atomic mass is 35.5. The number of benzene rings is 1. The average molecular weight is 302 g/mol. The lowest BCUT2D eigenvalue weighted by Gasteiger charge is -2.25. The molecule has 2 aromatic rings. The van der Waals surface area contributed by atoms with Gasteiger partial charge < -0.3 is 5.32 Å². The summed E-state index contributed by atoms with van der Waals surface area (Å²) in [4.78, 5) is 9.47. The smallest absolute Gasteiger partial charge is 0.159 e. The van der Waals surface area contributed by atoms with E-state index in [0.717, 1.165) is 40.9 Å². The molecule has 0 bridgehead atoms. The lowest BCUT2D eigenvalue weighted by molar-refractivity contribution is 0.455. The number of hydrogen-bond donors (Lipinski definition) is 1. The number of hydrogen-bond acceptors (Lipinski definition) is 3. The van der Waals surface area contributed by atoms with Crippen LogP contribution in [0.15, 0.2) is 24.3 Å². The van der Waals surface area contributed by atoms with Crippen molar-refractivity contribution in [3.8, 4) is 11.4 Å². The molecule has 1 aromatic heterocycles. The molecule has 0 saturated carbocycles. The van der Waals surface area contributed by atoms with Crippen molar-refractivity contribution in [3.05, 3.63) is 46.2 Å². The fourth-order valence-electron chi connectivity index (χ4n) is 3.15. The van der Waals surface area contributed by atoms with Crippen LogP contribution in [0.5, 0.6) is 0 Å². The van der Waals surface area contributed by atoms with Gasteiger partial charge in [0.2, 0.25) is 0 Å². The first-order valence-corrected chi connectivity index (χ1v) is 7.85. The second-order valence-corrected chi connectivity index (χ2v) is 6.10. The highest BCUT2D eigenvalue weighted by Crippen LogP contribution is 2.30. The number of nitrogens with one attached hydrogen (secondary N) is 1. The zero-order chi connectivity index (χ0) is 14.8. The molecule has 2 heterocycles. The minimum Gasteiger partial charge on any atom is -0.317 e. The van der Waals surface area contributed by atoms with Crippen molar-refractivity contribution < 1.29 is 0 Å². The summed E-state index contributed by atoms with van der Waals surface area (Å²) in [5, 5.41) is 4.15. The third kappa shape index (κ3) is 3.09. The van der Waals surface area contributed by atoms with Crippen molar-refractivity contribution in [1.29, 1.82) is 0 Å². The molecule has 0 spiro atoms. The normalized spacial score (nSPS) is 16.1.